The number of thioether (sulfide) groups is 1. The summed E-state index contributed by atoms with van der Waals surface area (Å²) >= 11 is 8.76. The van der Waals surface area contributed by atoms with Crippen molar-refractivity contribution in [1.29, 1.82) is 0 Å². The van der Waals surface area contributed by atoms with E-state index in [1.807, 2.05) is 24.5 Å². The second-order valence-corrected chi connectivity index (χ2v) is 8.63. The number of aryl methyl sites for hydroxylation is 2. The molecular weight excluding hydrogens is 394 g/mol. The molecule has 0 bridgehead atoms. The quantitative estimate of drug-likeness (QED) is 0.249. The monoisotopic (exact) mass is 415 g/mol. The molecule has 27 heavy (non-hydrogen) atoms. The summed E-state index contributed by atoms with van der Waals surface area (Å²) in [5.74, 6) is 0.813. The fourth-order valence-electron chi connectivity index (χ4n) is 3.26. The van der Waals surface area contributed by atoms with Gasteiger partial charge in [-0.25, -0.2) is 9.97 Å². The lowest BCUT2D eigenvalue weighted by molar-refractivity contribution is 0.700. The topological polar surface area (TPSA) is 61.9 Å². The Morgan fingerprint density at radius 3 is 2.81 bits per heavy atom. The van der Waals surface area contributed by atoms with Crippen LogP contribution in [0.4, 0.5) is 5.82 Å². The number of anilines is 1. The third-order valence-corrected chi connectivity index (χ3v) is 6.55. The van der Waals surface area contributed by atoms with E-state index in [0.29, 0.717) is 11.7 Å². The van der Waals surface area contributed by atoms with E-state index in [2.05, 4.69) is 33.3 Å². The number of fused-ring (bicyclic) bond motifs is 3. The van der Waals surface area contributed by atoms with Gasteiger partial charge in [-0.2, -0.15) is 0 Å². The highest BCUT2D eigenvalue weighted by Gasteiger charge is 2.21. The summed E-state index contributed by atoms with van der Waals surface area (Å²) in [6.45, 7) is 0.678. The van der Waals surface area contributed by atoms with E-state index in [1.165, 1.54) is 28.8 Å². The maximum atomic E-state index is 5.41. The Bertz CT molecular complexity index is 955. The highest BCUT2D eigenvalue weighted by Crippen LogP contribution is 2.39. The second-order valence-electron chi connectivity index (χ2n) is 6.37. The molecular formula is C19H21N5S3. The number of hydrogen-bond acceptors (Lipinski definition) is 6. The van der Waals surface area contributed by atoms with Crippen LogP contribution in [0, 0.1) is 0 Å². The van der Waals surface area contributed by atoms with Crippen LogP contribution in [-0.4, -0.2) is 21.3 Å². The average molecular weight is 416 g/mol. The molecule has 0 fully saturated rings. The minimum Gasteiger partial charge on any atom is -0.357 e. The fourth-order valence-corrected chi connectivity index (χ4v) is 5.07. The van der Waals surface area contributed by atoms with Crippen LogP contribution in [0.3, 0.4) is 0 Å². The van der Waals surface area contributed by atoms with Crippen molar-refractivity contribution in [3.05, 3.63) is 46.3 Å². The minimum atomic E-state index is 0.542. The number of hydrogen-bond donors (Lipinski definition) is 3. The molecule has 0 unspecified atom stereocenters. The van der Waals surface area contributed by atoms with E-state index >= 15 is 0 Å². The molecule has 0 saturated carbocycles. The zero-order valence-corrected chi connectivity index (χ0v) is 17.5. The number of hydrazine groups is 1. The standard InChI is InChI=1S/C19H21N5S3/c1-26-19-21-16(15-13-9-5-6-10-14(13)27-17(15)22-19)23-24-18(25)20-11-12-7-3-2-4-8-12/h2-4,7-8H,5-6,9-11H2,1H3,(H2,20,24,25)(H,21,22,23). The Kier molecular flexibility index (Phi) is 5.75. The molecule has 0 spiro atoms. The summed E-state index contributed by atoms with van der Waals surface area (Å²) in [6, 6.07) is 10.2. The van der Waals surface area contributed by atoms with Gasteiger partial charge in [0, 0.05) is 11.4 Å². The molecule has 3 N–H and O–H groups in total. The van der Waals surface area contributed by atoms with Gasteiger partial charge >= 0.3 is 0 Å². The van der Waals surface area contributed by atoms with Gasteiger partial charge in [-0.05, 0) is 55.3 Å². The van der Waals surface area contributed by atoms with Crippen molar-refractivity contribution in [3.8, 4) is 0 Å². The first kappa shape index (κ1) is 18.5. The second kappa shape index (κ2) is 8.41. The van der Waals surface area contributed by atoms with Gasteiger partial charge in [-0.1, -0.05) is 42.1 Å². The van der Waals surface area contributed by atoms with Gasteiger partial charge in [0.1, 0.15) is 4.83 Å². The van der Waals surface area contributed by atoms with Crippen LogP contribution in [0.15, 0.2) is 35.5 Å². The molecule has 3 aromatic rings. The molecule has 140 valence electrons. The summed E-state index contributed by atoms with van der Waals surface area (Å²) in [4.78, 5) is 11.9. The van der Waals surface area contributed by atoms with Crippen LogP contribution in [-0.2, 0) is 19.4 Å². The minimum absolute atomic E-state index is 0.542. The Balaban J connectivity index is 1.50. The molecule has 2 aromatic heterocycles. The first-order valence-corrected chi connectivity index (χ1v) is 11.4. The largest absolute Gasteiger partial charge is 0.357 e. The molecule has 1 aromatic carbocycles. The van der Waals surface area contributed by atoms with Gasteiger partial charge in [0.05, 0.1) is 5.39 Å². The number of nitrogens with zero attached hydrogens (tertiary/aromatic N) is 2. The highest BCUT2D eigenvalue weighted by atomic mass is 32.2. The van der Waals surface area contributed by atoms with Crippen LogP contribution in [0.25, 0.3) is 10.2 Å². The number of thiocarbonyl (C=S) groups is 1. The number of aromatic nitrogens is 2. The average Bonchev–Trinajstić information content (AvgIpc) is 3.09. The zero-order chi connectivity index (χ0) is 18.6. The number of nitrogens with one attached hydrogen (secondary N) is 3. The van der Waals surface area contributed by atoms with Crippen LogP contribution < -0.4 is 16.2 Å². The van der Waals surface area contributed by atoms with Crippen molar-refractivity contribution in [2.75, 3.05) is 11.7 Å². The molecule has 0 atom stereocenters. The van der Waals surface area contributed by atoms with E-state index in [4.69, 9.17) is 17.2 Å². The van der Waals surface area contributed by atoms with Gasteiger partial charge < -0.3 is 5.32 Å². The van der Waals surface area contributed by atoms with E-state index in [0.717, 1.165) is 34.0 Å². The number of benzene rings is 1. The van der Waals surface area contributed by atoms with E-state index < -0.39 is 0 Å². The van der Waals surface area contributed by atoms with E-state index in [-0.39, 0.29) is 0 Å². The fraction of sp³-hybridized carbons (Fsp3) is 0.316. The summed E-state index contributed by atoms with van der Waals surface area (Å²) in [6.07, 6.45) is 6.74. The smallest absolute Gasteiger partial charge is 0.190 e. The third-order valence-electron chi connectivity index (χ3n) is 4.57. The van der Waals surface area contributed by atoms with Crippen molar-refractivity contribution in [2.45, 2.75) is 37.4 Å². The normalized spacial score (nSPS) is 13.2. The third kappa shape index (κ3) is 4.17. The molecule has 8 heteroatoms. The molecule has 5 nitrogen and oxygen atoms in total. The molecule has 0 amide bonds. The van der Waals surface area contributed by atoms with Crippen LogP contribution in [0.5, 0.6) is 0 Å². The van der Waals surface area contributed by atoms with Gasteiger partial charge in [0.15, 0.2) is 16.1 Å². The van der Waals surface area contributed by atoms with Crippen molar-refractivity contribution in [2.24, 2.45) is 0 Å². The SMILES string of the molecule is CSc1nc(NNC(=S)NCc2ccccc2)c2c3c(sc2n1)CCCC3. The summed E-state index contributed by atoms with van der Waals surface area (Å²) < 4.78 is 0. The predicted molar refractivity (Wildman–Crippen MR) is 118 cm³/mol. The summed E-state index contributed by atoms with van der Waals surface area (Å²) in [7, 11) is 0. The predicted octanol–water partition coefficient (Wildman–Crippen LogP) is 4.28. The van der Waals surface area contributed by atoms with Crippen LogP contribution >= 0.6 is 35.3 Å². The molecule has 0 aliphatic heterocycles. The summed E-state index contributed by atoms with van der Waals surface area (Å²) in [5, 5.41) is 5.67. The van der Waals surface area contributed by atoms with Gasteiger partial charge in [0.25, 0.3) is 0 Å². The first-order valence-electron chi connectivity index (χ1n) is 8.94. The maximum Gasteiger partial charge on any atom is 0.190 e. The van der Waals surface area contributed by atoms with Gasteiger partial charge in [0.2, 0.25) is 0 Å². The number of thiophene rings is 1. The van der Waals surface area contributed by atoms with Crippen molar-refractivity contribution in [1.82, 2.24) is 20.7 Å². The van der Waals surface area contributed by atoms with Crippen molar-refractivity contribution in [3.63, 3.8) is 0 Å². The van der Waals surface area contributed by atoms with Gasteiger partial charge in [-0.15, -0.1) is 11.3 Å². The molecule has 4 rings (SSSR count). The van der Waals surface area contributed by atoms with E-state index in [1.54, 1.807) is 23.1 Å². The summed E-state index contributed by atoms with van der Waals surface area (Å²) in [5.41, 5.74) is 8.89. The van der Waals surface area contributed by atoms with Crippen LogP contribution in [0.1, 0.15) is 28.8 Å². The Labute approximate surface area is 172 Å². The Morgan fingerprint density at radius 2 is 2.00 bits per heavy atom. The molecule has 0 saturated heterocycles. The highest BCUT2D eigenvalue weighted by molar-refractivity contribution is 7.98. The van der Waals surface area contributed by atoms with E-state index in [9.17, 15) is 0 Å². The van der Waals surface area contributed by atoms with Crippen molar-refractivity contribution >= 4 is 56.5 Å². The van der Waals surface area contributed by atoms with Crippen LogP contribution in [0.2, 0.25) is 0 Å². The van der Waals surface area contributed by atoms with Gasteiger partial charge in [-0.3, -0.25) is 10.9 Å². The Hall–Kier alpha value is -1.90. The van der Waals surface area contributed by atoms with Crippen molar-refractivity contribution < 1.29 is 0 Å². The Morgan fingerprint density at radius 1 is 1.19 bits per heavy atom. The lowest BCUT2D eigenvalue weighted by Gasteiger charge is -2.15. The lowest BCUT2D eigenvalue weighted by atomic mass is 9.97. The lowest BCUT2D eigenvalue weighted by Crippen LogP contribution is -2.38. The number of rotatable bonds is 5. The molecule has 1 aliphatic carbocycles. The first-order chi connectivity index (χ1) is 13.2. The molecule has 0 radical (unpaired) electrons. The maximum absolute atomic E-state index is 5.41. The molecule has 1 aliphatic rings. The molecule has 2 heterocycles. The zero-order valence-electron chi connectivity index (χ0n) is 15.0.